The Bertz CT molecular complexity index is 470. The fourth-order valence-electron chi connectivity index (χ4n) is 1.68. The molecule has 2 rings (SSSR count). The summed E-state index contributed by atoms with van der Waals surface area (Å²) >= 11 is 0. The van der Waals surface area contributed by atoms with Gasteiger partial charge in [0.2, 0.25) is 11.8 Å². The van der Waals surface area contributed by atoms with Crippen LogP contribution < -0.4 is 5.32 Å². The number of barbiturate groups is 1. The number of aromatic nitrogens is 3. The molecule has 8 nitrogen and oxygen atoms in total. The van der Waals surface area contributed by atoms with Gasteiger partial charge in [-0.1, -0.05) is 5.21 Å². The monoisotopic (exact) mass is 251 g/mol. The summed E-state index contributed by atoms with van der Waals surface area (Å²) in [4.78, 5) is 35.5. The number of urea groups is 1. The molecule has 0 radical (unpaired) electrons. The molecule has 96 valence electrons. The summed E-state index contributed by atoms with van der Waals surface area (Å²) in [7, 11) is 0. The number of aryl methyl sites for hydroxylation is 1. The van der Waals surface area contributed by atoms with Crippen LogP contribution in [0, 0.1) is 5.92 Å². The van der Waals surface area contributed by atoms with Crippen molar-refractivity contribution < 1.29 is 14.4 Å². The summed E-state index contributed by atoms with van der Waals surface area (Å²) in [5, 5.41) is 9.57. The Morgan fingerprint density at radius 1 is 1.33 bits per heavy atom. The molecular weight excluding hydrogens is 238 g/mol. The second kappa shape index (κ2) is 4.94. The first-order valence-corrected chi connectivity index (χ1v) is 5.60. The average Bonchev–Trinajstić information content (AvgIpc) is 2.84. The summed E-state index contributed by atoms with van der Waals surface area (Å²) < 4.78 is 1.61. The van der Waals surface area contributed by atoms with Gasteiger partial charge in [-0.25, -0.2) is 4.79 Å². The van der Waals surface area contributed by atoms with Gasteiger partial charge in [-0.2, -0.15) is 0 Å². The van der Waals surface area contributed by atoms with E-state index < -0.39 is 23.8 Å². The van der Waals surface area contributed by atoms with Crippen LogP contribution in [-0.4, -0.2) is 44.3 Å². The topological polar surface area (TPSA) is 97.2 Å². The van der Waals surface area contributed by atoms with Crippen molar-refractivity contribution >= 4 is 17.8 Å². The van der Waals surface area contributed by atoms with Crippen LogP contribution in [0.4, 0.5) is 4.79 Å². The zero-order valence-electron chi connectivity index (χ0n) is 9.87. The lowest BCUT2D eigenvalue weighted by molar-refractivity contribution is -0.141. The third kappa shape index (κ3) is 2.36. The Hall–Kier alpha value is -2.25. The van der Waals surface area contributed by atoms with Crippen LogP contribution in [0.5, 0.6) is 0 Å². The number of rotatable bonds is 4. The predicted molar refractivity (Wildman–Crippen MR) is 59.1 cm³/mol. The highest BCUT2D eigenvalue weighted by Crippen LogP contribution is 2.10. The average molecular weight is 251 g/mol. The quantitative estimate of drug-likeness (QED) is 0.719. The minimum Gasteiger partial charge on any atom is -0.277 e. The van der Waals surface area contributed by atoms with E-state index in [-0.39, 0.29) is 6.54 Å². The van der Waals surface area contributed by atoms with Crippen molar-refractivity contribution in [2.24, 2.45) is 5.92 Å². The fourth-order valence-corrected chi connectivity index (χ4v) is 1.68. The lowest BCUT2D eigenvalue weighted by Crippen LogP contribution is -2.57. The number of carbonyl (C=O) groups excluding carboxylic acids is 3. The molecule has 0 saturated carbocycles. The maximum atomic E-state index is 11.7. The molecule has 1 N–H and O–H groups in total. The van der Waals surface area contributed by atoms with Gasteiger partial charge in [0.05, 0.1) is 6.20 Å². The standard InChI is InChI=1S/C10H13N5O3/c1-7-8(16)12-10(18)15(9(7)17)5-2-4-14-6-3-11-13-14/h3,6-7H,2,4-5H2,1H3,(H,12,16,18). The number of nitrogens with zero attached hydrogens (tertiary/aromatic N) is 4. The van der Waals surface area contributed by atoms with Crippen LogP contribution in [0.2, 0.25) is 0 Å². The molecule has 1 fully saturated rings. The van der Waals surface area contributed by atoms with Gasteiger partial charge in [-0.15, -0.1) is 5.10 Å². The van der Waals surface area contributed by atoms with E-state index in [1.165, 1.54) is 6.92 Å². The zero-order valence-corrected chi connectivity index (χ0v) is 9.87. The highest BCUT2D eigenvalue weighted by atomic mass is 16.2. The molecule has 1 saturated heterocycles. The number of hydrogen-bond donors (Lipinski definition) is 1. The van der Waals surface area contributed by atoms with Gasteiger partial charge in [-0.3, -0.25) is 24.5 Å². The molecule has 2 heterocycles. The molecule has 18 heavy (non-hydrogen) atoms. The van der Waals surface area contributed by atoms with Crippen LogP contribution in [0.25, 0.3) is 0 Å². The highest BCUT2D eigenvalue weighted by Gasteiger charge is 2.36. The van der Waals surface area contributed by atoms with E-state index >= 15 is 0 Å². The van der Waals surface area contributed by atoms with Crippen molar-refractivity contribution in [3.63, 3.8) is 0 Å². The Labute approximate surface area is 103 Å². The van der Waals surface area contributed by atoms with Crippen LogP contribution in [0.15, 0.2) is 12.4 Å². The number of carbonyl (C=O) groups is 3. The van der Waals surface area contributed by atoms with Crippen molar-refractivity contribution in [1.82, 2.24) is 25.2 Å². The lowest BCUT2D eigenvalue weighted by Gasteiger charge is -2.28. The summed E-state index contributed by atoms with van der Waals surface area (Å²) in [6.07, 6.45) is 3.81. The normalized spacial score (nSPS) is 20.2. The number of nitrogens with one attached hydrogen (secondary N) is 1. The summed E-state index contributed by atoms with van der Waals surface area (Å²) in [5.74, 6) is -1.81. The minimum atomic E-state index is -0.811. The van der Waals surface area contributed by atoms with Crippen LogP contribution in [-0.2, 0) is 16.1 Å². The Morgan fingerprint density at radius 2 is 2.11 bits per heavy atom. The van der Waals surface area contributed by atoms with E-state index in [0.717, 1.165) is 4.90 Å². The SMILES string of the molecule is CC1C(=O)NC(=O)N(CCCn2ccnn2)C1=O. The van der Waals surface area contributed by atoms with Crippen molar-refractivity contribution in [3.8, 4) is 0 Å². The molecule has 1 aliphatic heterocycles. The van der Waals surface area contributed by atoms with Crippen molar-refractivity contribution in [1.29, 1.82) is 0 Å². The first-order valence-electron chi connectivity index (χ1n) is 5.60. The number of imide groups is 2. The molecule has 1 aliphatic rings. The molecule has 1 aromatic rings. The second-order valence-corrected chi connectivity index (χ2v) is 4.03. The smallest absolute Gasteiger partial charge is 0.277 e. The molecule has 1 atom stereocenters. The number of amides is 4. The molecular formula is C10H13N5O3. The zero-order chi connectivity index (χ0) is 13.1. The number of hydrogen-bond acceptors (Lipinski definition) is 5. The van der Waals surface area contributed by atoms with Crippen LogP contribution in [0.3, 0.4) is 0 Å². The van der Waals surface area contributed by atoms with E-state index in [9.17, 15) is 14.4 Å². The largest absolute Gasteiger partial charge is 0.330 e. The molecule has 8 heteroatoms. The maximum Gasteiger partial charge on any atom is 0.330 e. The highest BCUT2D eigenvalue weighted by molar-refractivity contribution is 6.15. The van der Waals surface area contributed by atoms with E-state index in [0.29, 0.717) is 13.0 Å². The third-order valence-corrected chi connectivity index (χ3v) is 2.75. The van der Waals surface area contributed by atoms with Gasteiger partial charge < -0.3 is 0 Å². The van der Waals surface area contributed by atoms with E-state index in [1.54, 1.807) is 17.1 Å². The van der Waals surface area contributed by atoms with E-state index in [4.69, 9.17) is 0 Å². The van der Waals surface area contributed by atoms with Gasteiger partial charge in [0.25, 0.3) is 0 Å². The van der Waals surface area contributed by atoms with Crippen molar-refractivity contribution in [2.75, 3.05) is 6.54 Å². The fraction of sp³-hybridized carbons (Fsp3) is 0.500. The molecule has 1 unspecified atom stereocenters. The predicted octanol–water partition coefficient (Wildman–Crippen LogP) is -0.617. The summed E-state index contributed by atoms with van der Waals surface area (Å²) in [6.45, 7) is 2.29. The van der Waals surface area contributed by atoms with Crippen LogP contribution in [0.1, 0.15) is 13.3 Å². The van der Waals surface area contributed by atoms with Gasteiger partial charge in [-0.05, 0) is 13.3 Å². The summed E-state index contributed by atoms with van der Waals surface area (Å²) in [5.41, 5.74) is 0. The first kappa shape index (κ1) is 12.2. The molecule has 4 amide bonds. The van der Waals surface area contributed by atoms with Crippen LogP contribution >= 0.6 is 0 Å². The lowest BCUT2D eigenvalue weighted by atomic mass is 10.1. The Kier molecular flexibility index (Phi) is 3.35. The first-order chi connectivity index (χ1) is 8.59. The summed E-state index contributed by atoms with van der Waals surface area (Å²) in [6, 6.07) is -0.651. The van der Waals surface area contributed by atoms with Gasteiger partial charge in [0, 0.05) is 19.3 Å². The van der Waals surface area contributed by atoms with Gasteiger partial charge in [0.1, 0.15) is 5.92 Å². The Morgan fingerprint density at radius 3 is 2.78 bits per heavy atom. The molecule has 0 aromatic carbocycles. The maximum absolute atomic E-state index is 11.7. The van der Waals surface area contributed by atoms with Gasteiger partial charge in [0.15, 0.2) is 0 Å². The van der Waals surface area contributed by atoms with Crippen molar-refractivity contribution in [2.45, 2.75) is 19.9 Å². The third-order valence-electron chi connectivity index (χ3n) is 2.75. The van der Waals surface area contributed by atoms with Crippen molar-refractivity contribution in [3.05, 3.63) is 12.4 Å². The molecule has 0 aliphatic carbocycles. The second-order valence-electron chi connectivity index (χ2n) is 4.03. The molecule has 1 aromatic heterocycles. The van der Waals surface area contributed by atoms with E-state index in [1.807, 2.05) is 0 Å². The van der Waals surface area contributed by atoms with E-state index in [2.05, 4.69) is 15.6 Å². The van der Waals surface area contributed by atoms with Gasteiger partial charge >= 0.3 is 6.03 Å². The molecule has 0 bridgehead atoms. The minimum absolute atomic E-state index is 0.252. The molecule has 0 spiro atoms. The Balaban J connectivity index is 1.90.